The first-order valence-corrected chi connectivity index (χ1v) is 6.28. The smallest absolute Gasteiger partial charge is 0.325 e. The van der Waals surface area contributed by atoms with Gasteiger partial charge in [0, 0.05) is 6.20 Å². The maximum Gasteiger partial charge on any atom is 0.325 e. The Kier molecular flexibility index (Phi) is 4.22. The summed E-state index contributed by atoms with van der Waals surface area (Å²) in [6, 6.07) is 5.66. The highest BCUT2D eigenvalue weighted by Gasteiger charge is 2.09. The van der Waals surface area contributed by atoms with E-state index in [-0.39, 0.29) is 12.3 Å². The van der Waals surface area contributed by atoms with Gasteiger partial charge in [-0.15, -0.1) is 0 Å². The maximum absolute atomic E-state index is 11.8. The molecule has 0 saturated heterocycles. The second-order valence-corrected chi connectivity index (χ2v) is 4.54. The van der Waals surface area contributed by atoms with Gasteiger partial charge in [-0.3, -0.25) is 14.6 Å². The largest absolute Gasteiger partial charge is 0.483 e. The summed E-state index contributed by atoms with van der Waals surface area (Å²) in [6.45, 7) is 3.53. The van der Waals surface area contributed by atoms with Gasteiger partial charge in [0.25, 0.3) is 11.5 Å². The molecule has 0 aliphatic carbocycles. The zero-order valence-electron chi connectivity index (χ0n) is 11.6. The average molecular weight is 289 g/mol. The summed E-state index contributed by atoms with van der Waals surface area (Å²) < 4.78 is 5.47. The van der Waals surface area contributed by atoms with E-state index in [9.17, 15) is 14.4 Å². The number of benzene rings is 1. The Labute approximate surface area is 120 Å². The molecule has 1 aromatic carbocycles. The fourth-order valence-electron chi connectivity index (χ4n) is 1.85. The number of hydrogen-bond acceptors (Lipinski definition) is 4. The van der Waals surface area contributed by atoms with Gasteiger partial charge in [-0.2, -0.15) is 0 Å². The van der Waals surface area contributed by atoms with E-state index in [2.05, 4.69) is 10.3 Å². The summed E-state index contributed by atoms with van der Waals surface area (Å²) in [5, 5.41) is 2.37. The van der Waals surface area contributed by atoms with Gasteiger partial charge in [0.15, 0.2) is 6.61 Å². The summed E-state index contributed by atoms with van der Waals surface area (Å²) in [4.78, 5) is 38.3. The molecule has 7 heteroatoms. The molecule has 0 atom stereocenters. The minimum absolute atomic E-state index is 0.0373. The third-order valence-corrected chi connectivity index (χ3v) is 2.85. The molecule has 0 fully saturated rings. The maximum atomic E-state index is 11.8. The molecule has 0 unspecified atom stereocenters. The molecule has 0 spiro atoms. The Morgan fingerprint density at radius 2 is 1.90 bits per heavy atom. The number of aromatic amines is 2. The number of anilines is 1. The van der Waals surface area contributed by atoms with Crippen molar-refractivity contribution in [3.63, 3.8) is 0 Å². The van der Waals surface area contributed by atoms with E-state index in [4.69, 9.17) is 4.74 Å². The number of carbonyl (C=O) groups excluding carboxylic acids is 1. The molecule has 0 saturated carbocycles. The van der Waals surface area contributed by atoms with Crippen LogP contribution in [0.3, 0.4) is 0 Å². The number of ether oxygens (including phenoxy) is 1. The number of H-pyrrole nitrogens is 2. The van der Waals surface area contributed by atoms with E-state index in [1.54, 1.807) is 0 Å². The highest BCUT2D eigenvalue weighted by molar-refractivity contribution is 5.91. The molecule has 21 heavy (non-hydrogen) atoms. The van der Waals surface area contributed by atoms with E-state index < -0.39 is 17.2 Å². The zero-order valence-corrected chi connectivity index (χ0v) is 11.6. The van der Waals surface area contributed by atoms with E-state index in [0.717, 1.165) is 17.3 Å². The lowest BCUT2D eigenvalue weighted by atomic mass is 10.1. The Balaban J connectivity index is 2.03. The van der Waals surface area contributed by atoms with Gasteiger partial charge in [0.1, 0.15) is 11.4 Å². The van der Waals surface area contributed by atoms with Crippen molar-refractivity contribution in [1.82, 2.24) is 9.97 Å². The standard InChI is InChI=1S/C14H15N3O4/c1-8-4-3-5-9(2)12(8)21-7-11(18)16-10-6-15-14(20)17-13(10)19/h3-6H,7H2,1-2H3,(H,16,18)(H2,15,17,19,20). The molecule has 1 amide bonds. The van der Waals surface area contributed by atoms with Crippen LogP contribution in [0.15, 0.2) is 34.0 Å². The monoisotopic (exact) mass is 289 g/mol. The number of aryl methyl sites for hydroxylation is 2. The molecule has 0 aliphatic rings. The highest BCUT2D eigenvalue weighted by atomic mass is 16.5. The van der Waals surface area contributed by atoms with Gasteiger partial charge >= 0.3 is 5.69 Å². The van der Waals surface area contributed by atoms with Crippen LogP contribution in [0.25, 0.3) is 0 Å². The number of hydrogen-bond donors (Lipinski definition) is 3. The Morgan fingerprint density at radius 3 is 2.52 bits per heavy atom. The molecule has 110 valence electrons. The van der Waals surface area contributed by atoms with Crippen molar-refractivity contribution in [1.29, 1.82) is 0 Å². The normalized spacial score (nSPS) is 10.2. The van der Waals surface area contributed by atoms with Crippen LogP contribution in [0.1, 0.15) is 11.1 Å². The first kappa shape index (κ1) is 14.6. The minimum Gasteiger partial charge on any atom is -0.483 e. The van der Waals surface area contributed by atoms with Crippen LogP contribution in [0.2, 0.25) is 0 Å². The second kappa shape index (κ2) is 6.08. The molecule has 0 bridgehead atoms. The quantitative estimate of drug-likeness (QED) is 0.770. The minimum atomic E-state index is -0.667. The number of aromatic nitrogens is 2. The fraction of sp³-hybridized carbons (Fsp3) is 0.214. The van der Waals surface area contributed by atoms with Crippen LogP contribution < -0.4 is 21.3 Å². The summed E-state index contributed by atoms with van der Waals surface area (Å²) in [7, 11) is 0. The van der Waals surface area contributed by atoms with Crippen molar-refractivity contribution in [2.24, 2.45) is 0 Å². The van der Waals surface area contributed by atoms with Crippen LogP contribution in [0.5, 0.6) is 5.75 Å². The first-order chi connectivity index (χ1) is 9.97. The molecule has 0 radical (unpaired) electrons. The molecule has 1 aromatic heterocycles. The number of nitrogens with one attached hydrogen (secondary N) is 3. The number of para-hydroxylation sites is 1. The fourth-order valence-corrected chi connectivity index (χ4v) is 1.85. The van der Waals surface area contributed by atoms with Crippen LogP contribution in [-0.4, -0.2) is 22.5 Å². The first-order valence-electron chi connectivity index (χ1n) is 6.28. The van der Waals surface area contributed by atoms with Gasteiger partial charge in [-0.05, 0) is 25.0 Å². The van der Waals surface area contributed by atoms with Gasteiger partial charge in [0.05, 0.1) is 0 Å². The van der Waals surface area contributed by atoms with Crippen molar-refractivity contribution in [3.8, 4) is 5.75 Å². The summed E-state index contributed by atoms with van der Waals surface area (Å²) in [6.07, 6.45) is 1.14. The van der Waals surface area contributed by atoms with Gasteiger partial charge in [-0.1, -0.05) is 18.2 Å². The van der Waals surface area contributed by atoms with Crippen molar-refractivity contribution in [2.75, 3.05) is 11.9 Å². The third-order valence-electron chi connectivity index (χ3n) is 2.85. The van der Waals surface area contributed by atoms with E-state index in [0.29, 0.717) is 5.75 Å². The van der Waals surface area contributed by atoms with Crippen molar-refractivity contribution < 1.29 is 9.53 Å². The summed E-state index contributed by atoms with van der Waals surface area (Å²) in [5.41, 5.74) is 0.503. The molecule has 3 N–H and O–H groups in total. The van der Waals surface area contributed by atoms with Crippen molar-refractivity contribution >= 4 is 11.6 Å². The zero-order chi connectivity index (χ0) is 15.4. The van der Waals surface area contributed by atoms with E-state index in [1.165, 1.54) is 0 Å². The third kappa shape index (κ3) is 3.59. The molecule has 7 nitrogen and oxygen atoms in total. The molecule has 2 aromatic rings. The lowest BCUT2D eigenvalue weighted by molar-refractivity contribution is -0.118. The number of rotatable bonds is 4. The predicted molar refractivity (Wildman–Crippen MR) is 77.7 cm³/mol. The molecule has 2 rings (SSSR count). The van der Waals surface area contributed by atoms with E-state index >= 15 is 0 Å². The molecular formula is C14H15N3O4. The second-order valence-electron chi connectivity index (χ2n) is 4.54. The predicted octanol–water partition coefficient (Wildman–Crippen LogP) is 0.698. The number of amides is 1. The topological polar surface area (TPSA) is 104 Å². The van der Waals surface area contributed by atoms with Crippen LogP contribution in [0.4, 0.5) is 5.69 Å². The van der Waals surface area contributed by atoms with Crippen LogP contribution in [0, 0.1) is 13.8 Å². The lowest BCUT2D eigenvalue weighted by Gasteiger charge is -2.11. The van der Waals surface area contributed by atoms with Crippen LogP contribution >= 0.6 is 0 Å². The number of carbonyl (C=O) groups is 1. The van der Waals surface area contributed by atoms with Gasteiger partial charge in [0.2, 0.25) is 0 Å². The van der Waals surface area contributed by atoms with Gasteiger partial charge < -0.3 is 15.0 Å². The van der Waals surface area contributed by atoms with Gasteiger partial charge in [-0.25, -0.2) is 4.79 Å². The molecule has 1 heterocycles. The summed E-state index contributed by atoms with van der Waals surface area (Å²) in [5.74, 6) is 0.151. The Morgan fingerprint density at radius 1 is 1.24 bits per heavy atom. The van der Waals surface area contributed by atoms with Crippen LogP contribution in [-0.2, 0) is 4.79 Å². The Hall–Kier alpha value is -2.83. The molecule has 0 aliphatic heterocycles. The van der Waals surface area contributed by atoms with Crippen molar-refractivity contribution in [3.05, 3.63) is 56.4 Å². The van der Waals surface area contributed by atoms with E-state index in [1.807, 2.05) is 37.0 Å². The average Bonchev–Trinajstić information content (AvgIpc) is 2.41. The summed E-state index contributed by atoms with van der Waals surface area (Å²) >= 11 is 0. The van der Waals surface area contributed by atoms with Crippen molar-refractivity contribution in [2.45, 2.75) is 13.8 Å². The SMILES string of the molecule is Cc1cccc(C)c1OCC(=O)Nc1c[nH]c(=O)[nH]c1=O. The lowest BCUT2D eigenvalue weighted by Crippen LogP contribution is -2.28. The Bertz CT molecular complexity index is 756. The molecular weight excluding hydrogens is 274 g/mol. The highest BCUT2D eigenvalue weighted by Crippen LogP contribution is 2.22.